The van der Waals surface area contributed by atoms with Gasteiger partial charge in [0.2, 0.25) is 0 Å². The van der Waals surface area contributed by atoms with Gasteiger partial charge in [-0.2, -0.15) is 0 Å². The summed E-state index contributed by atoms with van der Waals surface area (Å²) >= 11 is 3.41. The number of aromatic nitrogens is 1. The molecule has 14 heavy (non-hydrogen) atoms. The molecule has 0 bridgehead atoms. The maximum atomic E-state index is 5.38. The Balaban J connectivity index is 2.18. The normalized spacial score (nSPS) is 10.4. The molecule has 1 heterocycles. The summed E-state index contributed by atoms with van der Waals surface area (Å²) in [5, 5.41) is 0. The van der Waals surface area contributed by atoms with E-state index in [1.165, 1.54) is 0 Å². The quantitative estimate of drug-likeness (QED) is 0.894. The molecule has 3 nitrogen and oxygen atoms in total. The Kier molecular flexibility index (Phi) is 2.54. The van der Waals surface area contributed by atoms with Crippen molar-refractivity contribution in [2.75, 3.05) is 5.73 Å². The first-order chi connectivity index (χ1) is 6.74. The molecule has 2 N–H and O–H groups in total. The fraction of sp³-hybridized carbons (Fsp3) is 0.100. The van der Waals surface area contributed by atoms with E-state index in [1.807, 2.05) is 24.3 Å². The van der Waals surface area contributed by atoms with Gasteiger partial charge in [-0.25, -0.2) is 4.98 Å². The topological polar surface area (TPSA) is 52.0 Å². The molecule has 0 spiro atoms. The summed E-state index contributed by atoms with van der Waals surface area (Å²) in [5.41, 5.74) is 6.54. The Morgan fingerprint density at radius 2 is 2.29 bits per heavy atom. The summed E-state index contributed by atoms with van der Waals surface area (Å²) in [6.45, 7) is 0. The lowest BCUT2D eigenvalue weighted by atomic mass is 10.1. The molecule has 2 aromatic rings. The van der Waals surface area contributed by atoms with Crippen molar-refractivity contribution >= 4 is 21.9 Å². The summed E-state index contributed by atoms with van der Waals surface area (Å²) in [7, 11) is 0. The zero-order valence-electron chi connectivity index (χ0n) is 7.40. The van der Waals surface area contributed by atoms with E-state index < -0.39 is 0 Å². The minimum atomic E-state index is 0.218. The van der Waals surface area contributed by atoms with Gasteiger partial charge in [0.25, 0.3) is 6.01 Å². The van der Waals surface area contributed by atoms with Gasteiger partial charge in [0.05, 0.1) is 6.20 Å². The summed E-state index contributed by atoms with van der Waals surface area (Å²) < 4.78 is 6.24. The van der Waals surface area contributed by atoms with E-state index in [1.54, 1.807) is 6.20 Å². The largest absolute Gasteiger partial charge is 0.429 e. The fourth-order valence-electron chi connectivity index (χ4n) is 1.25. The third-order valence-corrected chi connectivity index (χ3v) is 2.33. The molecule has 0 aliphatic heterocycles. The van der Waals surface area contributed by atoms with Crippen molar-refractivity contribution in [3.63, 3.8) is 0 Å². The third-order valence-electron chi connectivity index (χ3n) is 1.84. The maximum absolute atomic E-state index is 5.38. The molecule has 0 amide bonds. The van der Waals surface area contributed by atoms with Crippen LogP contribution in [0.1, 0.15) is 11.3 Å². The predicted octanol–water partition coefficient (Wildman–Crippen LogP) is 2.61. The molecule has 0 aliphatic carbocycles. The van der Waals surface area contributed by atoms with Crippen LogP contribution < -0.4 is 5.73 Å². The highest BCUT2D eigenvalue weighted by molar-refractivity contribution is 9.10. The van der Waals surface area contributed by atoms with Crippen LogP contribution in [-0.4, -0.2) is 4.98 Å². The van der Waals surface area contributed by atoms with Gasteiger partial charge >= 0.3 is 0 Å². The van der Waals surface area contributed by atoms with Crippen molar-refractivity contribution in [1.29, 1.82) is 0 Å². The monoisotopic (exact) mass is 252 g/mol. The first-order valence-electron chi connectivity index (χ1n) is 4.18. The summed E-state index contributed by atoms with van der Waals surface area (Å²) in [4.78, 5) is 3.83. The number of oxazole rings is 1. The molecule has 0 saturated carbocycles. The Hall–Kier alpha value is -1.29. The van der Waals surface area contributed by atoms with E-state index in [0.29, 0.717) is 6.42 Å². The lowest BCUT2D eigenvalue weighted by Gasteiger charge is -1.97. The predicted molar refractivity (Wildman–Crippen MR) is 57.9 cm³/mol. The molecule has 1 aromatic heterocycles. The Morgan fingerprint density at radius 3 is 2.93 bits per heavy atom. The van der Waals surface area contributed by atoms with Gasteiger partial charge in [-0.15, -0.1) is 0 Å². The second kappa shape index (κ2) is 3.84. The average molecular weight is 253 g/mol. The van der Waals surface area contributed by atoms with Crippen molar-refractivity contribution in [1.82, 2.24) is 4.98 Å². The molecule has 0 atom stereocenters. The Bertz CT molecular complexity index is 439. The van der Waals surface area contributed by atoms with Crippen LogP contribution in [0.5, 0.6) is 0 Å². The molecule has 0 saturated heterocycles. The molecule has 1 aromatic carbocycles. The van der Waals surface area contributed by atoms with Crippen LogP contribution in [0.25, 0.3) is 0 Å². The van der Waals surface area contributed by atoms with Gasteiger partial charge in [0.15, 0.2) is 0 Å². The van der Waals surface area contributed by atoms with Crippen LogP contribution in [0.4, 0.5) is 6.01 Å². The van der Waals surface area contributed by atoms with Crippen molar-refractivity contribution in [3.05, 3.63) is 46.3 Å². The number of nitrogens with zero attached hydrogens (tertiary/aromatic N) is 1. The molecule has 0 fully saturated rings. The fourth-order valence-corrected chi connectivity index (χ4v) is 1.70. The van der Waals surface area contributed by atoms with Crippen molar-refractivity contribution < 1.29 is 4.42 Å². The number of nitrogens with two attached hydrogens (primary N) is 1. The second-order valence-corrected chi connectivity index (χ2v) is 3.89. The Morgan fingerprint density at radius 1 is 1.43 bits per heavy atom. The van der Waals surface area contributed by atoms with E-state index in [-0.39, 0.29) is 6.01 Å². The smallest absolute Gasteiger partial charge is 0.292 e. The van der Waals surface area contributed by atoms with E-state index >= 15 is 0 Å². The van der Waals surface area contributed by atoms with Crippen LogP contribution >= 0.6 is 15.9 Å². The summed E-state index contributed by atoms with van der Waals surface area (Å²) in [5.74, 6) is 0.778. The highest BCUT2D eigenvalue weighted by Crippen LogP contribution is 2.16. The van der Waals surface area contributed by atoms with Crippen molar-refractivity contribution in [2.24, 2.45) is 0 Å². The third kappa shape index (κ3) is 2.14. The SMILES string of the molecule is Nc1ncc(Cc2cccc(Br)c2)o1. The lowest BCUT2D eigenvalue weighted by Crippen LogP contribution is -1.85. The molecule has 0 unspecified atom stereocenters. The van der Waals surface area contributed by atoms with Gasteiger partial charge < -0.3 is 10.2 Å². The molecular weight excluding hydrogens is 244 g/mol. The second-order valence-electron chi connectivity index (χ2n) is 2.97. The first-order valence-corrected chi connectivity index (χ1v) is 4.98. The summed E-state index contributed by atoms with van der Waals surface area (Å²) in [6.07, 6.45) is 2.36. The van der Waals surface area contributed by atoms with E-state index in [0.717, 1.165) is 15.8 Å². The van der Waals surface area contributed by atoms with Crippen molar-refractivity contribution in [2.45, 2.75) is 6.42 Å². The standard InChI is InChI=1S/C10H9BrN2O/c11-8-3-1-2-7(4-8)5-9-6-13-10(12)14-9/h1-4,6H,5H2,(H2,12,13). The van der Waals surface area contributed by atoms with Gasteiger partial charge in [-0.1, -0.05) is 28.1 Å². The van der Waals surface area contributed by atoms with Crippen molar-refractivity contribution in [3.8, 4) is 0 Å². The molecular formula is C10H9BrN2O. The average Bonchev–Trinajstić information content (AvgIpc) is 2.51. The zero-order valence-corrected chi connectivity index (χ0v) is 8.99. The molecule has 0 radical (unpaired) electrons. The molecule has 72 valence electrons. The number of hydrogen-bond donors (Lipinski definition) is 1. The molecule has 0 aliphatic rings. The first kappa shape index (κ1) is 9.27. The number of rotatable bonds is 2. The molecule has 2 rings (SSSR count). The number of nitrogen functional groups attached to an aromatic ring is 1. The maximum Gasteiger partial charge on any atom is 0.292 e. The number of anilines is 1. The van der Waals surface area contributed by atoms with E-state index in [4.69, 9.17) is 10.2 Å². The van der Waals surface area contributed by atoms with Gasteiger partial charge in [-0.05, 0) is 17.7 Å². The minimum absolute atomic E-state index is 0.218. The van der Waals surface area contributed by atoms with Crippen LogP contribution in [0, 0.1) is 0 Å². The van der Waals surface area contributed by atoms with Crippen LogP contribution in [0.3, 0.4) is 0 Å². The highest BCUT2D eigenvalue weighted by atomic mass is 79.9. The van der Waals surface area contributed by atoms with Gasteiger partial charge in [0.1, 0.15) is 5.76 Å². The van der Waals surface area contributed by atoms with Gasteiger partial charge in [-0.3, -0.25) is 0 Å². The lowest BCUT2D eigenvalue weighted by molar-refractivity contribution is 0.534. The van der Waals surface area contributed by atoms with Crippen LogP contribution in [0.2, 0.25) is 0 Å². The van der Waals surface area contributed by atoms with E-state index in [9.17, 15) is 0 Å². The van der Waals surface area contributed by atoms with Crippen LogP contribution in [0.15, 0.2) is 39.4 Å². The Labute approximate surface area is 90.1 Å². The van der Waals surface area contributed by atoms with Gasteiger partial charge in [0, 0.05) is 10.9 Å². The number of benzene rings is 1. The number of halogens is 1. The summed E-state index contributed by atoms with van der Waals surface area (Å²) in [6, 6.07) is 8.26. The van der Waals surface area contributed by atoms with Crippen LogP contribution in [-0.2, 0) is 6.42 Å². The zero-order chi connectivity index (χ0) is 9.97. The highest BCUT2D eigenvalue weighted by Gasteiger charge is 2.02. The molecule has 4 heteroatoms. The number of hydrogen-bond acceptors (Lipinski definition) is 3. The van der Waals surface area contributed by atoms with E-state index in [2.05, 4.69) is 20.9 Å². The minimum Gasteiger partial charge on any atom is -0.429 e.